The van der Waals surface area contributed by atoms with E-state index < -0.39 is 0 Å². The number of rotatable bonds is 5. The van der Waals surface area contributed by atoms with Gasteiger partial charge in [0.1, 0.15) is 11.6 Å². The number of nitrogens with zero attached hydrogens (tertiary/aromatic N) is 3. The summed E-state index contributed by atoms with van der Waals surface area (Å²) in [7, 11) is 3.13. The molecule has 8 heteroatoms. The fourth-order valence-corrected chi connectivity index (χ4v) is 3.34. The first-order valence-electron chi connectivity index (χ1n) is 9.42. The lowest BCUT2D eigenvalue weighted by molar-refractivity contribution is -0.145. The molecular weight excluding hydrogens is 375 g/mol. The van der Waals surface area contributed by atoms with E-state index in [1.54, 1.807) is 31.4 Å². The Balaban J connectivity index is 1.55. The Morgan fingerprint density at radius 2 is 2.17 bits per heavy atom. The molecule has 1 aliphatic rings. The summed E-state index contributed by atoms with van der Waals surface area (Å²) in [6, 6.07) is 9.53. The van der Waals surface area contributed by atoms with Crippen LogP contribution in [0.5, 0.6) is 11.6 Å². The molecule has 1 N–H and O–H groups in total. The zero-order chi connectivity index (χ0) is 20.8. The molecule has 2 aromatic rings. The molecule has 0 aliphatic carbocycles. The van der Waals surface area contributed by atoms with E-state index in [2.05, 4.69) is 20.2 Å². The van der Waals surface area contributed by atoms with E-state index in [0.717, 1.165) is 18.1 Å². The number of carbonyl (C=O) groups is 1. The van der Waals surface area contributed by atoms with E-state index in [9.17, 15) is 9.18 Å². The highest BCUT2D eigenvalue weighted by Gasteiger charge is 2.36. The molecule has 0 bridgehead atoms. The van der Waals surface area contributed by atoms with E-state index in [-0.39, 0.29) is 23.6 Å². The highest BCUT2D eigenvalue weighted by Crippen LogP contribution is 2.24. The maximum Gasteiger partial charge on any atom is 0.310 e. The van der Waals surface area contributed by atoms with Crippen LogP contribution in [0.4, 0.5) is 4.39 Å². The predicted molar refractivity (Wildman–Crippen MR) is 107 cm³/mol. The molecule has 0 radical (unpaired) electrons. The zero-order valence-electron chi connectivity index (χ0n) is 16.8. The Morgan fingerprint density at radius 3 is 2.83 bits per heavy atom. The molecule has 1 aromatic carbocycles. The van der Waals surface area contributed by atoms with Crippen molar-refractivity contribution in [1.82, 2.24) is 15.2 Å². The number of aromatic nitrogens is 1. The van der Waals surface area contributed by atoms with Crippen LogP contribution >= 0.6 is 0 Å². The number of hydrogen-bond acceptors (Lipinski definition) is 5. The van der Waals surface area contributed by atoms with Gasteiger partial charge >= 0.3 is 5.97 Å². The highest BCUT2D eigenvalue weighted by atomic mass is 19.1. The van der Waals surface area contributed by atoms with Gasteiger partial charge in [-0.05, 0) is 23.6 Å². The second-order valence-corrected chi connectivity index (χ2v) is 6.98. The van der Waals surface area contributed by atoms with Crippen LogP contribution in [-0.2, 0) is 16.1 Å². The minimum absolute atomic E-state index is 0.153. The van der Waals surface area contributed by atoms with Gasteiger partial charge in [-0.15, -0.1) is 0 Å². The maximum atomic E-state index is 13.2. The number of carbonyl (C=O) groups excluding carboxylic acids is 1. The number of guanidine groups is 1. The summed E-state index contributed by atoms with van der Waals surface area (Å²) in [5.41, 5.74) is 0.939. The number of hydrogen-bond donors (Lipinski definition) is 1. The first-order chi connectivity index (χ1) is 14.0. The molecule has 0 saturated carbocycles. The largest absolute Gasteiger partial charge is 0.469 e. The quantitative estimate of drug-likeness (QED) is 0.473. The summed E-state index contributed by atoms with van der Waals surface area (Å²) < 4.78 is 23.7. The third-order valence-electron chi connectivity index (χ3n) is 4.89. The molecule has 2 unspecified atom stereocenters. The smallest absolute Gasteiger partial charge is 0.310 e. The summed E-state index contributed by atoms with van der Waals surface area (Å²) in [4.78, 5) is 22.5. The topological polar surface area (TPSA) is 76.1 Å². The van der Waals surface area contributed by atoms with E-state index >= 15 is 0 Å². The molecule has 29 heavy (non-hydrogen) atoms. The monoisotopic (exact) mass is 400 g/mol. The molecule has 0 spiro atoms. The number of esters is 1. The highest BCUT2D eigenvalue weighted by molar-refractivity contribution is 5.82. The number of aliphatic imine (C=N–C) groups is 1. The van der Waals surface area contributed by atoms with Crippen LogP contribution < -0.4 is 10.1 Å². The standard InChI is InChI=1S/C21H25FN4O3/c1-14-12-26(13-18(14)20(27)28-3)21(23-2)25-11-15-7-8-19(24-10-15)29-17-6-4-5-16(22)9-17/h4-10,14,18H,11-13H2,1-3H3,(H,23,25). The Kier molecular flexibility index (Phi) is 6.64. The van der Waals surface area contributed by atoms with Gasteiger partial charge < -0.3 is 19.7 Å². The lowest BCUT2D eigenvalue weighted by atomic mass is 9.99. The second-order valence-electron chi connectivity index (χ2n) is 6.98. The van der Waals surface area contributed by atoms with Crippen molar-refractivity contribution in [2.75, 3.05) is 27.2 Å². The number of methoxy groups -OCH3 is 1. The van der Waals surface area contributed by atoms with Crippen molar-refractivity contribution in [3.8, 4) is 11.6 Å². The van der Waals surface area contributed by atoms with Crippen LogP contribution in [0.3, 0.4) is 0 Å². The van der Waals surface area contributed by atoms with E-state index in [1.165, 1.54) is 19.2 Å². The molecule has 1 fully saturated rings. The fourth-order valence-electron chi connectivity index (χ4n) is 3.34. The Labute approximate surface area is 169 Å². The molecule has 154 valence electrons. The van der Waals surface area contributed by atoms with Crippen LogP contribution in [0.1, 0.15) is 12.5 Å². The van der Waals surface area contributed by atoms with Gasteiger partial charge in [-0.2, -0.15) is 0 Å². The minimum Gasteiger partial charge on any atom is -0.469 e. The van der Waals surface area contributed by atoms with Gasteiger partial charge in [-0.1, -0.05) is 19.1 Å². The van der Waals surface area contributed by atoms with Crippen LogP contribution in [0, 0.1) is 17.7 Å². The van der Waals surface area contributed by atoms with Gasteiger partial charge in [0.05, 0.1) is 13.0 Å². The average molecular weight is 400 g/mol. The normalized spacial score (nSPS) is 19.2. The van der Waals surface area contributed by atoms with Crippen molar-refractivity contribution in [2.24, 2.45) is 16.8 Å². The van der Waals surface area contributed by atoms with Crippen molar-refractivity contribution >= 4 is 11.9 Å². The zero-order valence-corrected chi connectivity index (χ0v) is 16.8. The fraction of sp³-hybridized carbons (Fsp3) is 0.381. The minimum atomic E-state index is -0.361. The number of halogens is 1. The van der Waals surface area contributed by atoms with E-state index in [4.69, 9.17) is 9.47 Å². The Bertz CT molecular complexity index is 872. The van der Waals surface area contributed by atoms with Gasteiger partial charge in [0, 0.05) is 45.0 Å². The molecule has 2 atom stereocenters. The van der Waals surface area contributed by atoms with Gasteiger partial charge in [-0.25, -0.2) is 9.37 Å². The average Bonchev–Trinajstić information content (AvgIpc) is 3.10. The van der Waals surface area contributed by atoms with Crippen molar-refractivity contribution in [3.63, 3.8) is 0 Å². The SMILES string of the molecule is CN=C(NCc1ccc(Oc2cccc(F)c2)nc1)N1CC(C)C(C(=O)OC)C1. The molecule has 1 aromatic heterocycles. The number of nitrogens with one attached hydrogen (secondary N) is 1. The van der Waals surface area contributed by atoms with Gasteiger partial charge in [0.15, 0.2) is 5.96 Å². The third-order valence-corrected chi connectivity index (χ3v) is 4.89. The Hall–Kier alpha value is -3.16. The van der Waals surface area contributed by atoms with E-state index in [1.807, 2.05) is 13.0 Å². The van der Waals surface area contributed by atoms with Crippen LogP contribution in [0.25, 0.3) is 0 Å². The predicted octanol–water partition coefficient (Wildman–Crippen LogP) is 2.83. The van der Waals surface area contributed by atoms with Crippen LogP contribution in [0.15, 0.2) is 47.6 Å². The molecule has 2 heterocycles. The summed E-state index contributed by atoms with van der Waals surface area (Å²) in [5, 5.41) is 3.30. The molecular formula is C21H25FN4O3. The Morgan fingerprint density at radius 1 is 1.34 bits per heavy atom. The second kappa shape index (κ2) is 9.36. The summed E-state index contributed by atoms with van der Waals surface area (Å²) >= 11 is 0. The molecule has 3 rings (SSSR count). The summed E-state index contributed by atoms with van der Waals surface area (Å²) in [6.07, 6.45) is 1.69. The number of pyridine rings is 1. The summed E-state index contributed by atoms with van der Waals surface area (Å²) in [5.74, 6) is 1.00. The molecule has 0 amide bonds. The lowest BCUT2D eigenvalue weighted by Gasteiger charge is -2.21. The van der Waals surface area contributed by atoms with Crippen LogP contribution in [-0.4, -0.2) is 49.1 Å². The first kappa shape index (κ1) is 20.6. The van der Waals surface area contributed by atoms with Gasteiger partial charge in [-0.3, -0.25) is 9.79 Å². The van der Waals surface area contributed by atoms with Gasteiger partial charge in [0.25, 0.3) is 0 Å². The number of benzene rings is 1. The van der Waals surface area contributed by atoms with Crippen molar-refractivity contribution in [1.29, 1.82) is 0 Å². The maximum absolute atomic E-state index is 13.2. The summed E-state index contributed by atoms with van der Waals surface area (Å²) in [6.45, 7) is 3.87. The van der Waals surface area contributed by atoms with Crippen molar-refractivity contribution in [3.05, 3.63) is 54.0 Å². The third kappa shape index (κ3) is 5.22. The first-order valence-corrected chi connectivity index (χ1v) is 9.42. The number of likely N-dealkylation sites (tertiary alicyclic amines) is 1. The molecule has 7 nitrogen and oxygen atoms in total. The van der Waals surface area contributed by atoms with Crippen LogP contribution in [0.2, 0.25) is 0 Å². The molecule has 1 saturated heterocycles. The van der Waals surface area contributed by atoms with E-state index in [0.29, 0.717) is 24.7 Å². The number of ether oxygens (including phenoxy) is 2. The lowest BCUT2D eigenvalue weighted by Crippen LogP contribution is -2.40. The molecule has 1 aliphatic heterocycles. The van der Waals surface area contributed by atoms with Gasteiger partial charge in [0.2, 0.25) is 5.88 Å². The van der Waals surface area contributed by atoms with Crippen molar-refractivity contribution in [2.45, 2.75) is 13.5 Å². The van der Waals surface area contributed by atoms with Crippen molar-refractivity contribution < 1.29 is 18.7 Å².